The lowest BCUT2D eigenvalue weighted by Gasteiger charge is -2.11. The fourth-order valence-electron chi connectivity index (χ4n) is 1.46. The van der Waals surface area contributed by atoms with Crippen LogP contribution in [0.3, 0.4) is 0 Å². The lowest BCUT2D eigenvalue weighted by atomic mass is 10.1. The quantitative estimate of drug-likeness (QED) is 0.809. The Labute approximate surface area is 114 Å². The third-order valence-corrected chi connectivity index (χ3v) is 3.25. The maximum atomic E-state index is 12.5. The normalized spacial score (nSPS) is 11.9. The van der Waals surface area contributed by atoms with Crippen LogP contribution in [0.4, 0.5) is 18.9 Å². The molecule has 1 rings (SSSR count). The van der Waals surface area contributed by atoms with Gasteiger partial charge in [-0.25, -0.2) is 13.6 Å². The van der Waals surface area contributed by atoms with Gasteiger partial charge in [-0.2, -0.15) is 18.4 Å². The van der Waals surface area contributed by atoms with E-state index in [1.807, 2.05) is 0 Å². The molecule has 0 radical (unpaired) electrons. The predicted molar refractivity (Wildman–Crippen MR) is 67.2 cm³/mol. The van der Waals surface area contributed by atoms with Crippen molar-refractivity contribution in [2.75, 3.05) is 17.6 Å². The highest BCUT2D eigenvalue weighted by Gasteiger charge is 2.31. The largest absolute Gasteiger partial charge is 0.416 e. The van der Waals surface area contributed by atoms with Gasteiger partial charge in [-0.05, 0) is 24.6 Å². The number of hydrogen-bond acceptors (Lipinski definition) is 4. The standard InChI is InChI=1S/C11H12F3N3O2S/c12-11(13,14)9-2-3-10(8(6-9)7-15)17-4-1-5-20(16,18)19/h2-3,6,17H,1,4-5H2,(H2,16,18,19). The van der Waals surface area contributed by atoms with Gasteiger partial charge in [-0.1, -0.05) is 0 Å². The Morgan fingerprint density at radius 3 is 2.50 bits per heavy atom. The van der Waals surface area contributed by atoms with Gasteiger partial charge in [0.05, 0.1) is 22.6 Å². The van der Waals surface area contributed by atoms with E-state index in [0.29, 0.717) is 0 Å². The zero-order chi connectivity index (χ0) is 15.4. The van der Waals surface area contributed by atoms with Gasteiger partial charge < -0.3 is 5.32 Å². The summed E-state index contributed by atoms with van der Waals surface area (Å²) in [5, 5.41) is 16.3. The summed E-state index contributed by atoms with van der Waals surface area (Å²) in [6, 6.07) is 4.39. The molecule has 3 N–H and O–H groups in total. The molecule has 9 heteroatoms. The number of sulfonamides is 1. The van der Waals surface area contributed by atoms with Crippen molar-refractivity contribution >= 4 is 15.7 Å². The highest BCUT2D eigenvalue weighted by Crippen LogP contribution is 2.31. The van der Waals surface area contributed by atoms with E-state index in [1.54, 1.807) is 6.07 Å². The summed E-state index contributed by atoms with van der Waals surface area (Å²) < 4.78 is 58.8. The average Bonchev–Trinajstić information content (AvgIpc) is 2.32. The molecule has 0 fully saturated rings. The number of rotatable bonds is 5. The molecule has 0 saturated carbocycles. The van der Waals surface area contributed by atoms with Gasteiger partial charge >= 0.3 is 6.18 Å². The first kappa shape index (κ1) is 16.3. The fourth-order valence-corrected chi connectivity index (χ4v) is 2.01. The third-order valence-electron chi connectivity index (χ3n) is 2.39. The Hall–Kier alpha value is -1.79. The van der Waals surface area contributed by atoms with Crippen molar-refractivity contribution in [2.45, 2.75) is 12.6 Å². The molecule has 0 aliphatic rings. The number of nitriles is 1. The number of halogens is 3. The first-order chi connectivity index (χ1) is 9.13. The van der Waals surface area contributed by atoms with Gasteiger partial charge in [-0.15, -0.1) is 0 Å². The second-order valence-electron chi connectivity index (χ2n) is 4.02. The zero-order valence-corrected chi connectivity index (χ0v) is 11.1. The van der Waals surface area contributed by atoms with Gasteiger partial charge in [0.2, 0.25) is 10.0 Å². The Balaban J connectivity index is 2.75. The van der Waals surface area contributed by atoms with Gasteiger partial charge in [-0.3, -0.25) is 0 Å². The van der Waals surface area contributed by atoms with Crippen LogP contribution < -0.4 is 10.5 Å². The van der Waals surface area contributed by atoms with E-state index in [2.05, 4.69) is 5.32 Å². The molecule has 0 saturated heterocycles. The van der Waals surface area contributed by atoms with Crippen molar-refractivity contribution in [2.24, 2.45) is 5.14 Å². The van der Waals surface area contributed by atoms with Crippen LogP contribution in [0.15, 0.2) is 18.2 Å². The SMILES string of the molecule is N#Cc1cc(C(F)(F)F)ccc1NCCCS(N)(=O)=O. The van der Waals surface area contributed by atoms with Crippen LogP contribution in [0, 0.1) is 11.3 Å². The summed E-state index contributed by atoms with van der Waals surface area (Å²) in [5.41, 5.74) is -0.852. The number of primary sulfonamides is 1. The van der Waals surface area contributed by atoms with Crippen molar-refractivity contribution < 1.29 is 21.6 Å². The second kappa shape index (κ2) is 6.11. The highest BCUT2D eigenvalue weighted by atomic mass is 32.2. The van der Waals surface area contributed by atoms with E-state index >= 15 is 0 Å². The molecule has 0 heterocycles. The third kappa shape index (κ3) is 5.07. The molecule has 110 valence electrons. The van der Waals surface area contributed by atoms with Crippen LogP contribution in [-0.2, 0) is 16.2 Å². The number of nitrogens with zero attached hydrogens (tertiary/aromatic N) is 1. The lowest BCUT2D eigenvalue weighted by Crippen LogP contribution is -2.19. The average molecular weight is 307 g/mol. The maximum absolute atomic E-state index is 12.5. The Bertz CT molecular complexity index is 621. The number of anilines is 1. The molecule has 0 aliphatic carbocycles. The molecule has 0 amide bonds. The molecular weight excluding hydrogens is 295 g/mol. The molecule has 0 spiro atoms. The van der Waals surface area contributed by atoms with Gasteiger partial charge in [0.25, 0.3) is 0 Å². The molecule has 20 heavy (non-hydrogen) atoms. The van der Waals surface area contributed by atoms with E-state index < -0.39 is 21.8 Å². The number of nitrogens with one attached hydrogen (secondary N) is 1. The number of alkyl halides is 3. The summed E-state index contributed by atoms with van der Waals surface area (Å²) >= 11 is 0. The fraction of sp³-hybridized carbons (Fsp3) is 0.364. The maximum Gasteiger partial charge on any atom is 0.416 e. The summed E-state index contributed by atoms with van der Waals surface area (Å²) in [5.74, 6) is -0.247. The van der Waals surface area contributed by atoms with E-state index in [0.717, 1.165) is 18.2 Å². The van der Waals surface area contributed by atoms with Crippen molar-refractivity contribution in [1.29, 1.82) is 5.26 Å². The number of nitrogens with two attached hydrogens (primary N) is 1. The van der Waals surface area contributed by atoms with E-state index in [9.17, 15) is 21.6 Å². The summed E-state index contributed by atoms with van der Waals surface area (Å²) in [6.45, 7) is 0.177. The molecule has 0 aromatic heterocycles. The Morgan fingerprint density at radius 1 is 1.35 bits per heavy atom. The zero-order valence-electron chi connectivity index (χ0n) is 10.2. The van der Waals surface area contributed by atoms with Crippen molar-refractivity contribution in [3.8, 4) is 6.07 Å². The Kier molecular flexibility index (Phi) is 4.97. The molecule has 1 aromatic rings. The minimum absolute atomic E-state index is 0.157. The molecule has 5 nitrogen and oxygen atoms in total. The molecular formula is C11H12F3N3O2S. The van der Waals surface area contributed by atoms with Crippen LogP contribution in [0.25, 0.3) is 0 Å². The molecule has 1 aromatic carbocycles. The number of benzene rings is 1. The minimum Gasteiger partial charge on any atom is -0.384 e. The van der Waals surface area contributed by atoms with Crippen LogP contribution in [0.5, 0.6) is 0 Å². The highest BCUT2D eigenvalue weighted by molar-refractivity contribution is 7.89. The van der Waals surface area contributed by atoms with Crippen molar-refractivity contribution in [1.82, 2.24) is 0 Å². The molecule has 0 unspecified atom stereocenters. The first-order valence-electron chi connectivity index (χ1n) is 5.49. The second-order valence-corrected chi connectivity index (χ2v) is 5.75. The monoisotopic (exact) mass is 307 g/mol. The van der Waals surface area contributed by atoms with E-state index in [1.165, 1.54) is 0 Å². The summed E-state index contributed by atoms with van der Waals surface area (Å²) in [4.78, 5) is 0. The predicted octanol–water partition coefficient (Wildman–Crippen LogP) is 1.67. The van der Waals surface area contributed by atoms with E-state index in [-0.39, 0.29) is 30.0 Å². The van der Waals surface area contributed by atoms with Gasteiger partial charge in [0.15, 0.2) is 0 Å². The lowest BCUT2D eigenvalue weighted by molar-refractivity contribution is -0.137. The van der Waals surface area contributed by atoms with Crippen LogP contribution in [0.1, 0.15) is 17.5 Å². The summed E-state index contributed by atoms with van der Waals surface area (Å²) in [6.07, 6.45) is -4.33. The minimum atomic E-state index is -4.52. The first-order valence-corrected chi connectivity index (χ1v) is 7.21. The number of hydrogen-bond donors (Lipinski definition) is 2. The smallest absolute Gasteiger partial charge is 0.384 e. The molecule has 0 aliphatic heterocycles. The van der Waals surface area contributed by atoms with Gasteiger partial charge in [0, 0.05) is 6.54 Å². The summed E-state index contributed by atoms with van der Waals surface area (Å²) in [7, 11) is -3.57. The topological polar surface area (TPSA) is 96.0 Å². The molecule has 0 atom stereocenters. The van der Waals surface area contributed by atoms with Crippen LogP contribution >= 0.6 is 0 Å². The van der Waals surface area contributed by atoms with Crippen molar-refractivity contribution in [3.63, 3.8) is 0 Å². The van der Waals surface area contributed by atoms with Crippen molar-refractivity contribution in [3.05, 3.63) is 29.3 Å². The molecule has 0 bridgehead atoms. The Morgan fingerprint density at radius 2 is 2.00 bits per heavy atom. The van der Waals surface area contributed by atoms with Gasteiger partial charge in [0.1, 0.15) is 6.07 Å². The van der Waals surface area contributed by atoms with Crippen LogP contribution in [0.2, 0.25) is 0 Å². The van der Waals surface area contributed by atoms with E-state index in [4.69, 9.17) is 10.4 Å². The van der Waals surface area contributed by atoms with Crippen LogP contribution in [-0.4, -0.2) is 20.7 Å².